The first kappa shape index (κ1) is 23.5. The van der Waals surface area contributed by atoms with E-state index in [1.807, 2.05) is 18.2 Å². The van der Waals surface area contributed by atoms with Gasteiger partial charge in [0.1, 0.15) is 13.6 Å². The molecule has 0 aliphatic carbocycles. The van der Waals surface area contributed by atoms with Crippen LogP contribution in [0.2, 0.25) is 0 Å². The van der Waals surface area contributed by atoms with Crippen LogP contribution < -0.4 is 20.1 Å². The molecule has 4 radical (unpaired) electrons. The van der Waals surface area contributed by atoms with Gasteiger partial charge in [-0.3, -0.25) is 4.79 Å². The van der Waals surface area contributed by atoms with E-state index in [0.29, 0.717) is 5.56 Å². The third-order valence-electron chi connectivity index (χ3n) is 8.23. The van der Waals surface area contributed by atoms with E-state index in [4.69, 9.17) is 7.74 Å². The van der Waals surface area contributed by atoms with E-state index < -0.39 is 10.0 Å². The Kier molecular flexibility index (Phi) is 5.42. The van der Waals surface area contributed by atoms with Crippen molar-refractivity contribution in [2.75, 3.05) is 51.6 Å². The molecule has 3 aromatic rings. The van der Waals surface area contributed by atoms with Crippen LogP contribution in [-0.4, -0.2) is 72.5 Å². The second-order valence-corrected chi connectivity index (χ2v) is 14.1. The molecule has 3 aromatic carbocycles. The molecule has 0 aromatic heterocycles. The van der Waals surface area contributed by atoms with Crippen molar-refractivity contribution in [2.45, 2.75) is 22.6 Å². The van der Waals surface area contributed by atoms with Crippen LogP contribution in [0.25, 0.3) is 5.57 Å². The van der Waals surface area contributed by atoms with Gasteiger partial charge in [-0.1, -0.05) is 25.5 Å². The lowest BCUT2D eigenvalue weighted by Gasteiger charge is -2.40. The molecule has 0 saturated carbocycles. The number of likely N-dealkylation sites (N-methyl/N-ethyl adjacent to an activating group) is 2. The minimum atomic E-state index is -1.28. The Hall–Kier alpha value is -2.92. The highest BCUT2D eigenvalue weighted by atomic mass is 32.3. The first-order valence-corrected chi connectivity index (χ1v) is 15.0. The average Bonchev–Trinajstić information content (AvgIpc) is 3.43. The summed E-state index contributed by atoms with van der Waals surface area (Å²) in [4.78, 5) is 20.1. The fourth-order valence-corrected chi connectivity index (χ4v) is 8.56. The molecule has 0 unspecified atom stereocenters. The summed E-state index contributed by atoms with van der Waals surface area (Å²) >= 11 is 0. The van der Waals surface area contributed by atoms with Gasteiger partial charge in [0.2, 0.25) is 11.3 Å². The molecule has 36 heavy (non-hydrogen) atoms. The minimum absolute atomic E-state index is 0.0948. The Morgan fingerprint density at radius 1 is 1.06 bits per heavy atom. The number of anilines is 1. The summed E-state index contributed by atoms with van der Waals surface area (Å²) in [6.45, 7) is 2.09. The van der Waals surface area contributed by atoms with Crippen molar-refractivity contribution < 1.29 is 4.79 Å². The van der Waals surface area contributed by atoms with Gasteiger partial charge in [-0.05, 0) is 77.7 Å². The Morgan fingerprint density at radius 3 is 2.61 bits per heavy atom. The molecule has 0 spiro atoms. The van der Waals surface area contributed by atoms with E-state index in [1.54, 1.807) is 7.05 Å². The molecular weight excluding hydrogens is 460 g/mol. The molecule has 0 saturated heterocycles. The van der Waals surface area contributed by atoms with Crippen molar-refractivity contribution in [1.82, 2.24) is 9.39 Å². The van der Waals surface area contributed by atoms with Crippen LogP contribution >= 0.6 is 10.0 Å². The monoisotopic (exact) mass is 491 g/mol. The first-order valence-electron chi connectivity index (χ1n) is 12.5. The second kappa shape index (κ2) is 8.31. The maximum atomic E-state index is 13.4. The van der Waals surface area contributed by atoms with Gasteiger partial charge >= 0.3 is 0 Å². The summed E-state index contributed by atoms with van der Waals surface area (Å²) in [5, 5.41) is 2.62. The Morgan fingerprint density at radius 2 is 1.83 bits per heavy atom. The number of benzene rings is 3. The number of carbonyl (C=O) groups excluding carboxylic acids is 1. The van der Waals surface area contributed by atoms with E-state index in [1.165, 1.54) is 60.4 Å². The van der Waals surface area contributed by atoms with E-state index in [9.17, 15) is 4.79 Å². The molecule has 6 rings (SSSR count). The SMILES string of the molecule is [B-][B]N(C)C(=O)c1ccccc1C1=c2cc3c(cc2S(C)(C)c2cc4c(cc21)CCN4C)=[N+](C)CC3. The Bertz CT molecular complexity index is 1580. The molecule has 0 bridgehead atoms. The Labute approximate surface area is 217 Å². The highest BCUT2D eigenvalue weighted by molar-refractivity contribution is 8.32. The lowest BCUT2D eigenvalue weighted by atomic mass is 9.65. The summed E-state index contributed by atoms with van der Waals surface area (Å²) in [5.41, 5.74) is 8.24. The zero-order chi connectivity index (χ0) is 25.4. The van der Waals surface area contributed by atoms with Gasteiger partial charge in [0.05, 0.1) is 0 Å². The number of carbonyl (C=O) groups is 1. The maximum absolute atomic E-state index is 13.4. The summed E-state index contributed by atoms with van der Waals surface area (Å²) < 4.78 is 2.38. The summed E-state index contributed by atoms with van der Waals surface area (Å²) in [6, 6.07) is 17.7. The van der Waals surface area contributed by atoms with Gasteiger partial charge in [-0.15, -0.1) is 0 Å². The van der Waals surface area contributed by atoms with Crippen molar-refractivity contribution in [2.24, 2.45) is 0 Å². The van der Waals surface area contributed by atoms with Gasteiger partial charge in [-0.2, -0.15) is 10.0 Å². The van der Waals surface area contributed by atoms with E-state index in [2.05, 4.69) is 66.4 Å². The van der Waals surface area contributed by atoms with E-state index >= 15 is 0 Å². The van der Waals surface area contributed by atoms with Crippen LogP contribution in [0, 0.1) is 0 Å². The molecule has 4 nitrogen and oxygen atoms in total. The molecule has 0 N–H and O–H groups in total. The normalized spacial score (nSPS) is 17.8. The molecule has 7 heteroatoms. The van der Waals surface area contributed by atoms with E-state index in [-0.39, 0.29) is 5.91 Å². The van der Waals surface area contributed by atoms with Crippen LogP contribution in [0.1, 0.15) is 32.6 Å². The van der Waals surface area contributed by atoms with Gasteiger partial charge in [0.25, 0.3) is 0 Å². The predicted octanol–water partition coefficient (Wildman–Crippen LogP) is 2.17. The number of hydrogen-bond acceptors (Lipinski definition) is 2. The molecule has 180 valence electrons. The zero-order valence-corrected chi connectivity index (χ0v) is 22.6. The molecular formula is C29H31B2N3OS. The average molecular weight is 491 g/mol. The molecule has 3 aliphatic rings. The highest BCUT2D eigenvalue weighted by Gasteiger charge is 2.35. The lowest BCUT2D eigenvalue weighted by molar-refractivity contribution is 0.0882. The van der Waals surface area contributed by atoms with Gasteiger partial charge in [0, 0.05) is 52.7 Å². The van der Waals surface area contributed by atoms with Crippen LogP contribution in [0.4, 0.5) is 5.69 Å². The second-order valence-electron chi connectivity index (χ2n) is 10.6. The maximum Gasteiger partial charge on any atom is 0.238 e. The van der Waals surface area contributed by atoms with Crippen LogP contribution in [0.3, 0.4) is 0 Å². The standard InChI is InChI=1S/C29H31B2N3OS/c1-32-12-10-18-14-22-26(16-24(18)32)36(4,5)27-17-25-19(11-13-33(25)2)15-23(27)28(22)20-8-6-7-9-21(20)29(35)34(3)31-30/h6-9,14-17H,10-13H2,1-5H3. The molecule has 0 atom stereocenters. The van der Waals surface area contributed by atoms with E-state index in [0.717, 1.165) is 31.5 Å². The van der Waals surface area contributed by atoms with Crippen molar-refractivity contribution in [1.29, 1.82) is 0 Å². The zero-order valence-electron chi connectivity index (χ0n) is 21.8. The minimum Gasteiger partial charge on any atom is -0.646 e. The van der Waals surface area contributed by atoms with Crippen molar-refractivity contribution in [3.8, 4) is 0 Å². The van der Waals surface area contributed by atoms with Gasteiger partial charge in [0.15, 0.2) is 0 Å². The van der Waals surface area contributed by atoms with Crippen molar-refractivity contribution in [3.63, 3.8) is 0 Å². The number of amides is 1. The van der Waals surface area contributed by atoms with Crippen LogP contribution in [-0.2, 0) is 12.8 Å². The largest absolute Gasteiger partial charge is 0.646 e. The third-order valence-corrected chi connectivity index (χ3v) is 11.1. The van der Waals surface area contributed by atoms with Gasteiger partial charge in [-0.25, -0.2) is 4.58 Å². The lowest BCUT2D eigenvalue weighted by Crippen LogP contribution is -2.33. The predicted molar refractivity (Wildman–Crippen MR) is 152 cm³/mol. The molecule has 1 amide bonds. The topological polar surface area (TPSA) is 26.6 Å². The summed E-state index contributed by atoms with van der Waals surface area (Å²) in [6.07, 6.45) is 6.96. The number of nitrogens with zero attached hydrogens (tertiary/aromatic N) is 3. The number of fused-ring (bicyclic) bond motifs is 4. The van der Waals surface area contributed by atoms with Crippen LogP contribution in [0.15, 0.2) is 58.3 Å². The Balaban J connectivity index is 1.77. The van der Waals surface area contributed by atoms with Crippen LogP contribution in [0.5, 0.6) is 0 Å². The number of rotatable bonds is 3. The first-order chi connectivity index (χ1) is 17.2. The third kappa shape index (κ3) is 3.32. The molecule has 3 aliphatic heterocycles. The fourth-order valence-electron chi connectivity index (χ4n) is 6.09. The van der Waals surface area contributed by atoms with Crippen molar-refractivity contribution >= 4 is 42.2 Å². The smallest absolute Gasteiger partial charge is 0.238 e. The quantitative estimate of drug-likeness (QED) is 0.415. The summed E-state index contributed by atoms with van der Waals surface area (Å²) in [7, 11) is 11.9. The van der Waals surface area contributed by atoms with Gasteiger partial charge < -0.3 is 17.4 Å². The highest BCUT2D eigenvalue weighted by Crippen LogP contribution is 2.61. The summed E-state index contributed by atoms with van der Waals surface area (Å²) in [5.74, 6) is -0.0948. The fraction of sp³-hybridized carbons (Fsp3) is 0.310. The van der Waals surface area contributed by atoms with Crippen molar-refractivity contribution in [3.05, 3.63) is 86.9 Å². The molecule has 3 heterocycles. The number of hydrogen-bond donors (Lipinski definition) is 0. The molecule has 0 fully saturated rings.